The third-order valence-corrected chi connectivity index (χ3v) is 5.87. The van der Waals surface area contributed by atoms with Crippen molar-refractivity contribution in [2.75, 3.05) is 60.3 Å². The topological polar surface area (TPSA) is 78.5 Å². The Balaban J connectivity index is 1.54. The van der Waals surface area contributed by atoms with E-state index < -0.39 is 0 Å². The molecule has 0 spiro atoms. The number of nitrogens with zero attached hydrogens (tertiary/aromatic N) is 1. The molecule has 8 nitrogen and oxygen atoms in total. The van der Waals surface area contributed by atoms with Crippen molar-refractivity contribution in [2.45, 2.75) is 6.04 Å². The number of carbonyl (C=O) groups excluding carboxylic acids is 1. The van der Waals surface area contributed by atoms with Crippen LogP contribution in [0.3, 0.4) is 0 Å². The Morgan fingerprint density at radius 2 is 1.81 bits per heavy atom. The zero-order chi connectivity index (χ0) is 22.5. The molecule has 2 aromatic carbocycles. The molecule has 1 N–H and O–H groups in total. The predicted molar refractivity (Wildman–Crippen MR) is 119 cm³/mol. The van der Waals surface area contributed by atoms with E-state index in [9.17, 15) is 4.79 Å². The zero-order valence-electron chi connectivity index (χ0n) is 18.2. The highest BCUT2D eigenvalue weighted by Crippen LogP contribution is 2.38. The molecular weight excluding hydrogens is 436 g/mol. The molecule has 1 atom stereocenters. The zero-order valence-corrected chi connectivity index (χ0v) is 18.9. The molecule has 4 rings (SSSR count). The summed E-state index contributed by atoms with van der Waals surface area (Å²) in [6.07, 6.45) is 0. The minimum Gasteiger partial charge on any atom is -0.493 e. The minimum absolute atomic E-state index is 0.0599. The number of fused-ring (bicyclic) bond motifs is 1. The summed E-state index contributed by atoms with van der Waals surface area (Å²) in [6.45, 7) is 4.10. The number of ether oxygens (including phenoxy) is 5. The SMILES string of the molecule is COc1ccc(C(CNC(=O)c2cc(Cl)c3c(c2)OCCO3)N2CCOCC2)cc1OC. The Bertz CT molecular complexity index is 964. The van der Waals surface area contributed by atoms with Gasteiger partial charge in [0.15, 0.2) is 23.0 Å². The maximum absolute atomic E-state index is 13.0. The Hall–Kier alpha value is -2.68. The number of hydrogen-bond donors (Lipinski definition) is 1. The van der Waals surface area contributed by atoms with Crippen molar-refractivity contribution < 1.29 is 28.5 Å². The second-order valence-electron chi connectivity index (χ2n) is 7.47. The molecular formula is C23H27ClN2O6. The molecule has 0 bridgehead atoms. The van der Waals surface area contributed by atoms with Gasteiger partial charge >= 0.3 is 0 Å². The molecule has 2 aliphatic heterocycles. The molecule has 0 aromatic heterocycles. The van der Waals surface area contributed by atoms with E-state index in [1.54, 1.807) is 26.4 Å². The molecule has 32 heavy (non-hydrogen) atoms. The summed E-state index contributed by atoms with van der Waals surface area (Å²) in [6, 6.07) is 9.03. The molecule has 0 saturated carbocycles. The van der Waals surface area contributed by atoms with Gasteiger partial charge in [0.1, 0.15) is 13.2 Å². The van der Waals surface area contributed by atoms with E-state index >= 15 is 0 Å². The molecule has 2 heterocycles. The van der Waals surface area contributed by atoms with Gasteiger partial charge in [-0.1, -0.05) is 17.7 Å². The van der Waals surface area contributed by atoms with Crippen LogP contribution in [0.1, 0.15) is 22.0 Å². The molecule has 172 valence electrons. The first-order valence-corrected chi connectivity index (χ1v) is 10.9. The highest BCUT2D eigenvalue weighted by molar-refractivity contribution is 6.32. The smallest absolute Gasteiger partial charge is 0.251 e. The first-order valence-electron chi connectivity index (χ1n) is 10.5. The number of hydrogen-bond acceptors (Lipinski definition) is 7. The maximum atomic E-state index is 13.0. The van der Waals surface area contributed by atoms with Gasteiger partial charge in [-0.05, 0) is 29.8 Å². The van der Waals surface area contributed by atoms with Crippen molar-refractivity contribution in [1.82, 2.24) is 10.2 Å². The van der Waals surface area contributed by atoms with Crippen LogP contribution in [-0.4, -0.2) is 71.1 Å². The largest absolute Gasteiger partial charge is 0.493 e. The van der Waals surface area contributed by atoms with Gasteiger partial charge in [0.25, 0.3) is 5.91 Å². The van der Waals surface area contributed by atoms with Crippen molar-refractivity contribution in [3.05, 3.63) is 46.5 Å². The van der Waals surface area contributed by atoms with E-state index in [0.717, 1.165) is 18.7 Å². The Labute approximate surface area is 192 Å². The normalized spacial score (nSPS) is 16.8. The van der Waals surface area contributed by atoms with E-state index in [4.69, 9.17) is 35.3 Å². The lowest BCUT2D eigenvalue weighted by Crippen LogP contribution is -2.43. The summed E-state index contributed by atoms with van der Waals surface area (Å²) in [5.74, 6) is 2.03. The molecule has 1 amide bonds. The lowest BCUT2D eigenvalue weighted by Gasteiger charge is -2.35. The minimum atomic E-state index is -0.234. The van der Waals surface area contributed by atoms with Crippen molar-refractivity contribution in [3.8, 4) is 23.0 Å². The van der Waals surface area contributed by atoms with Crippen LogP contribution in [0.25, 0.3) is 0 Å². The second-order valence-corrected chi connectivity index (χ2v) is 7.88. The molecule has 2 aromatic rings. The Kier molecular flexibility index (Phi) is 7.24. The van der Waals surface area contributed by atoms with Gasteiger partial charge < -0.3 is 29.0 Å². The second kappa shape index (κ2) is 10.3. The number of carbonyl (C=O) groups is 1. The quantitative estimate of drug-likeness (QED) is 0.677. The summed E-state index contributed by atoms with van der Waals surface area (Å²) >= 11 is 6.30. The van der Waals surface area contributed by atoms with Crippen molar-refractivity contribution in [1.29, 1.82) is 0 Å². The van der Waals surface area contributed by atoms with E-state index in [-0.39, 0.29) is 11.9 Å². The fraction of sp³-hybridized carbons (Fsp3) is 0.435. The maximum Gasteiger partial charge on any atom is 0.251 e. The Morgan fingerprint density at radius 3 is 2.56 bits per heavy atom. The summed E-state index contributed by atoms with van der Waals surface area (Å²) < 4.78 is 27.5. The summed E-state index contributed by atoms with van der Waals surface area (Å²) in [5, 5.41) is 3.40. The monoisotopic (exact) mass is 462 g/mol. The standard InChI is InChI=1S/C23H27ClN2O6/c1-28-19-4-3-15(12-20(19)29-2)18(26-5-7-30-8-6-26)14-25-23(27)16-11-17(24)22-21(13-16)31-9-10-32-22/h3-4,11-13,18H,5-10,14H2,1-2H3,(H,25,27). The van der Waals surface area contributed by atoms with Crippen LogP contribution in [0.4, 0.5) is 0 Å². The van der Waals surface area contributed by atoms with Gasteiger partial charge in [-0.25, -0.2) is 0 Å². The summed E-state index contributed by atoms with van der Waals surface area (Å²) in [4.78, 5) is 15.3. The van der Waals surface area contributed by atoms with Crippen molar-refractivity contribution in [3.63, 3.8) is 0 Å². The van der Waals surface area contributed by atoms with Crippen LogP contribution in [0.2, 0.25) is 5.02 Å². The van der Waals surface area contributed by atoms with Crippen LogP contribution in [0, 0.1) is 0 Å². The van der Waals surface area contributed by atoms with Gasteiger partial charge in [0.05, 0.1) is 38.5 Å². The number of amides is 1. The fourth-order valence-corrected chi connectivity index (χ4v) is 4.21. The van der Waals surface area contributed by atoms with E-state index in [1.165, 1.54) is 0 Å². The van der Waals surface area contributed by atoms with Crippen LogP contribution < -0.4 is 24.3 Å². The predicted octanol–water partition coefficient (Wildman–Crippen LogP) is 2.93. The molecule has 2 aliphatic rings. The number of benzene rings is 2. The highest BCUT2D eigenvalue weighted by atomic mass is 35.5. The van der Waals surface area contributed by atoms with E-state index in [0.29, 0.717) is 66.6 Å². The van der Waals surface area contributed by atoms with Crippen LogP contribution in [-0.2, 0) is 4.74 Å². The number of rotatable bonds is 7. The van der Waals surface area contributed by atoms with Gasteiger partial charge in [0, 0.05) is 25.2 Å². The van der Waals surface area contributed by atoms with Crippen LogP contribution in [0.15, 0.2) is 30.3 Å². The average Bonchev–Trinajstić information content (AvgIpc) is 2.84. The van der Waals surface area contributed by atoms with Gasteiger partial charge in [0.2, 0.25) is 0 Å². The van der Waals surface area contributed by atoms with Crippen LogP contribution >= 0.6 is 11.6 Å². The molecule has 1 unspecified atom stereocenters. The van der Waals surface area contributed by atoms with E-state index in [1.807, 2.05) is 18.2 Å². The number of nitrogens with one attached hydrogen (secondary N) is 1. The molecule has 0 radical (unpaired) electrons. The summed E-state index contributed by atoms with van der Waals surface area (Å²) in [7, 11) is 3.22. The third kappa shape index (κ3) is 4.87. The van der Waals surface area contributed by atoms with Crippen molar-refractivity contribution >= 4 is 17.5 Å². The molecule has 9 heteroatoms. The first-order chi connectivity index (χ1) is 15.6. The lowest BCUT2D eigenvalue weighted by atomic mass is 10.0. The summed E-state index contributed by atoms with van der Waals surface area (Å²) in [5.41, 5.74) is 1.44. The van der Waals surface area contributed by atoms with E-state index in [2.05, 4.69) is 10.2 Å². The van der Waals surface area contributed by atoms with Crippen molar-refractivity contribution in [2.24, 2.45) is 0 Å². The Morgan fingerprint density at radius 1 is 1.06 bits per heavy atom. The van der Waals surface area contributed by atoms with Gasteiger partial charge in [-0.15, -0.1) is 0 Å². The molecule has 0 aliphatic carbocycles. The third-order valence-electron chi connectivity index (χ3n) is 5.59. The average molecular weight is 463 g/mol. The molecule has 1 fully saturated rings. The molecule has 1 saturated heterocycles. The van der Waals surface area contributed by atoms with Gasteiger partial charge in [-0.2, -0.15) is 0 Å². The highest BCUT2D eigenvalue weighted by Gasteiger charge is 2.25. The first kappa shape index (κ1) is 22.5. The fourth-order valence-electron chi connectivity index (χ4n) is 3.94. The lowest BCUT2D eigenvalue weighted by molar-refractivity contribution is 0.0162. The van der Waals surface area contributed by atoms with Crippen LogP contribution in [0.5, 0.6) is 23.0 Å². The van der Waals surface area contributed by atoms with Gasteiger partial charge in [-0.3, -0.25) is 9.69 Å². The number of methoxy groups -OCH3 is 2. The number of halogens is 1. The number of morpholine rings is 1.